The summed E-state index contributed by atoms with van der Waals surface area (Å²) < 4.78 is 31.3. The molecular formula is C19H21N3O6S. The molecule has 0 heterocycles. The molecule has 0 bridgehead atoms. The van der Waals surface area contributed by atoms with E-state index in [0.29, 0.717) is 0 Å². The summed E-state index contributed by atoms with van der Waals surface area (Å²) in [5.41, 5.74) is 0.848. The molecule has 0 radical (unpaired) electrons. The third kappa shape index (κ3) is 7.35. The second-order valence-electron chi connectivity index (χ2n) is 5.98. The van der Waals surface area contributed by atoms with E-state index in [4.69, 9.17) is 4.74 Å². The highest BCUT2D eigenvalue weighted by molar-refractivity contribution is 7.89. The first kappa shape index (κ1) is 22.1. The van der Waals surface area contributed by atoms with Crippen molar-refractivity contribution in [2.75, 3.05) is 6.61 Å². The van der Waals surface area contributed by atoms with Crippen LogP contribution in [0.25, 0.3) is 0 Å². The molecule has 2 aromatic carbocycles. The molecule has 2 aromatic rings. The zero-order valence-corrected chi connectivity index (χ0v) is 16.4. The second kappa shape index (κ2) is 10.3. The summed E-state index contributed by atoms with van der Waals surface area (Å²) in [5.74, 6) is -1.80. The molecule has 0 saturated heterocycles. The molecule has 0 unspecified atom stereocenters. The van der Waals surface area contributed by atoms with Gasteiger partial charge in [-0.2, -0.15) is 4.72 Å². The second-order valence-corrected chi connectivity index (χ2v) is 7.69. The van der Waals surface area contributed by atoms with E-state index < -0.39 is 40.6 Å². The fraction of sp³-hybridized carbons (Fsp3) is 0.211. The van der Waals surface area contributed by atoms with Crippen molar-refractivity contribution < 1.29 is 27.5 Å². The molecule has 29 heavy (non-hydrogen) atoms. The number of sulfonamides is 1. The largest absolute Gasteiger partial charge is 0.454 e. The third-order valence-electron chi connectivity index (χ3n) is 3.63. The number of carbonyl (C=O) groups excluding carboxylic acids is 3. The fourth-order valence-corrected chi connectivity index (χ4v) is 3.41. The molecule has 0 aliphatic carbocycles. The normalized spacial score (nSPS) is 11.9. The predicted molar refractivity (Wildman–Crippen MR) is 104 cm³/mol. The Bertz CT molecular complexity index is 948. The van der Waals surface area contributed by atoms with E-state index >= 15 is 0 Å². The number of hydrogen-bond acceptors (Lipinski definition) is 6. The summed E-state index contributed by atoms with van der Waals surface area (Å²) in [5, 5.41) is 4.50. The van der Waals surface area contributed by atoms with Crippen LogP contribution in [0.3, 0.4) is 0 Å². The summed E-state index contributed by atoms with van der Waals surface area (Å²) in [6, 6.07) is 14.6. The van der Waals surface area contributed by atoms with Gasteiger partial charge in [-0.05, 0) is 24.6 Å². The van der Waals surface area contributed by atoms with Gasteiger partial charge in [0.05, 0.1) is 4.90 Å². The number of imide groups is 1. The number of esters is 1. The monoisotopic (exact) mass is 419 g/mol. The van der Waals surface area contributed by atoms with Gasteiger partial charge >= 0.3 is 12.0 Å². The van der Waals surface area contributed by atoms with Gasteiger partial charge in [-0.25, -0.2) is 13.2 Å². The topological polar surface area (TPSA) is 131 Å². The van der Waals surface area contributed by atoms with Crippen LogP contribution in [0.2, 0.25) is 0 Å². The lowest BCUT2D eigenvalue weighted by atomic mass is 10.2. The summed E-state index contributed by atoms with van der Waals surface area (Å²) in [7, 11) is -3.91. The highest BCUT2D eigenvalue weighted by atomic mass is 32.2. The minimum absolute atomic E-state index is 0.00696. The summed E-state index contributed by atoms with van der Waals surface area (Å²) in [4.78, 5) is 35.3. The number of rotatable bonds is 8. The van der Waals surface area contributed by atoms with Crippen molar-refractivity contribution in [3.05, 3.63) is 66.2 Å². The zero-order valence-electron chi connectivity index (χ0n) is 15.6. The van der Waals surface area contributed by atoms with E-state index in [1.54, 1.807) is 18.2 Å². The summed E-state index contributed by atoms with van der Waals surface area (Å²) >= 11 is 0. The number of hydrogen-bond donors (Lipinski definition) is 3. The molecule has 3 amide bonds. The number of urea groups is 1. The quantitative estimate of drug-likeness (QED) is 0.546. The van der Waals surface area contributed by atoms with Crippen molar-refractivity contribution in [1.82, 2.24) is 15.4 Å². The molecule has 154 valence electrons. The first-order chi connectivity index (χ1) is 13.8. The van der Waals surface area contributed by atoms with E-state index in [-0.39, 0.29) is 11.4 Å². The maximum atomic E-state index is 12.2. The Balaban J connectivity index is 1.74. The number of carbonyl (C=O) groups is 3. The lowest BCUT2D eigenvalue weighted by Gasteiger charge is -2.13. The van der Waals surface area contributed by atoms with Gasteiger partial charge in [-0.15, -0.1) is 0 Å². The van der Waals surface area contributed by atoms with Crippen LogP contribution in [-0.4, -0.2) is 39.0 Å². The van der Waals surface area contributed by atoms with Gasteiger partial charge in [0.25, 0.3) is 5.91 Å². The Labute approximate surface area is 168 Å². The Kier molecular flexibility index (Phi) is 7.87. The molecule has 0 aliphatic rings. The molecular weight excluding hydrogens is 398 g/mol. The number of nitrogens with one attached hydrogen (secondary N) is 3. The van der Waals surface area contributed by atoms with Crippen LogP contribution in [0.15, 0.2) is 65.6 Å². The van der Waals surface area contributed by atoms with Crippen molar-refractivity contribution in [2.45, 2.75) is 24.4 Å². The smallest absolute Gasteiger partial charge is 0.324 e. The van der Waals surface area contributed by atoms with Crippen molar-refractivity contribution in [3.63, 3.8) is 0 Å². The minimum Gasteiger partial charge on any atom is -0.454 e. The highest BCUT2D eigenvalue weighted by Crippen LogP contribution is 2.08. The van der Waals surface area contributed by atoms with Gasteiger partial charge < -0.3 is 10.1 Å². The summed E-state index contributed by atoms with van der Waals surface area (Å²) in [6.45, 7) is 0.778. The van der Waals surface area contributed by atoms with Gasteiger partial charge in [-0.1, -0.05) is 48.5 Å². The molecule has 1 atom stereocenters. The van der Waals surface area contributed by atoms with Crippen LogP contribution in [0.1, 0.15) is 12.5 Å². The number of amides is 3. The maximum absolute atomic E-state index is 12.2. The molecule has 2 rings (SSSR count). The number of benzene rings is 2. The highest BCUT2D eigenvalue weighted by Gasteiger charge is 2.23. The first-order valence-corrected chi connectivity index (χ1v) is 10.1. The van der Waals surface area contributed by atoms with Crippen molar-refractivity contribution in [1.29, 1.82) is 0 Å². The molecule has 10 heteroatoms. The predicted octanol–water partition coefficient (Wildman–Crippen LogP) is 0.923. The van der Waals surface area contributed by atoms with Crippen molar-refractivity contribution >= 4 is 27.9 Å². The minimum atomic E-state index is -3.91. The van der Waals surface area contributed by atoms with Crippen LogP contribution < -0.4 is 15.4 Å². The Morgan fingerprint density at radius 2 is 1.55 bits per heavy atom. The molecule has 9 nitrogen and oxygen atoms in total. The van der Waals surface area contributed by atoms with E-state index in [1.807, 2.05) is 35.6 Å². The van der Waals surface area contributed by atoms with Gasteiger partial charge in [0.15, 0.2) is 6.61 Å². The Hall–Kier alpha value is -3.24. The van der Waals surface area contributed by atoms with Crippen molar-refractivity contribution in [3.8, 4) is 0 Å². The van der Waals surface area contributed by atoms with Crippen LogP contribution in [0, 0.1) is 0 Å². The van der Waals surface area contributed by atoms with E-state index in [0.717, 1.165) is 5.56 Å². The average molecular weight is 419 g/mol. The zero-order chi connectivity index (χ0) is 21.3. The van der Waals surface area contributed by atoms with Crippen molar-refractivity contribution in [2.24, 2.45) is 0 Å². The SMILES string of the molecule is C[C@H](NS(=O)(=O)c1ccccc1)C(=O)OCC(=O)NC(=O)NCc1ccccc1. The lowest BCUT2D eigenvalue weighted by molar-refractivity contribution is -0.149. The number of ether oxygens (including phenoxy) is 1. The lowest BCUT2D eigenvalue weighted by Crippen LogP contribution is -2.43. The van der Waals surface area contributed by atoms with Crippen LogP contribution >= 0.6 is 0 Å². The first-order valence-electron chi connectivity index (χ1n) is 8.63. The van der Waals surface area contributed by atoms with E-state index in [9.17, 15) is 22.8 Å². The van der Waals surface area contributed by atoms with Gasteiger partial charge in [-0.3, -0.25) is 14.9 Å². The third-order valence-corrected chi connectivity index (χ3v) is 5.19. The standard InChI is InChI=1S/C19H21N3O6S/c1-14(22-29(26,27)16-10-6-3-7-11-16)18(24)28-13-17(23)21-19(25)20-12-15-8-4-2-5-9-15/h2-11,14,22H,12-13H2,1H3,(H2,20,21,23,25)/t14-/m0/s1. The maximum Gasteiger partial charge on any atom is 0.324 e. The molecule has 0 aromatic heterocycles. The molecule has 3 N–H and O–H groups in total. The van der Waals surface area contributed by atoms with Crippen LogP contribution in [0.5, 0.6) is 0 Å². The van der Waals surface area contributed by atoms with E-state index in [1.165, 1.54) is 19.1 Å². The average Bonchev–Trinajstić information content (AvgIpc) is 2.71. The van der Waals surface area contributed by atoms with Crippen LogP contribution in [-0.2, 0) is 30.9 Å². The molecule has 0 spiro atoms. The van der Waals surface area contributed by atoms with Gasteiger partial charge in [0.2, 0.25) is 10.0 Å². The van der Waals surface area contributed by atoms with E-state index in [2.05, 4.69) is 10.0 Å². The van der Waals surface area contributed by atoms with Gasteiger partial charge in [0.1, 0.15) is 6.04 Å². The Morgan fingerprint density at radius 1 is 0.966 bits per heavy atom. The Morgan fingerprint density at radius 3 is 2.17 bits per heavy atom. The molecule has 0 fully saturated rings. The fourth-order valence-electron chi connectivity index (χ4n) is 2.20. The van der Waals surface area contributed by atoms with Gasteiger partial charge in [0, 0.05) is 6.54 Å². The molecule has 0 saturated carbocycles. The summed E-state index contributed by atoms with van der Waals surface area (Å²) in [6.07, 6.45) is 0. The molecule has 0 aliphatic heterocycles. The van der Waals surface area contributed by atoms with Crippen LogP contribution in [0.4, 0.5) is 4.79 Å².